The van der Waals surface area contributed by atoms with Gasteiger partial charge in [0.25, 0.3) is 0 Å². The van der Waals surface area contributed by atoms with E-state index in [1.54, 1.807) is 10.9 Å². The Morgan fingerprint density at radius 1 is 1.19 bits per heavy atom. The average molecular weight is 381 g/mol. The third kappa shape index (κ3) is 2.60. The molecule has 1 aromatic carbocycles. The normalized spacial score (nSPS) is 13.9. The van der Waals surface area contributed by atoms with Crippen LogP contribution in [0.2, 0.25) is 5.02 Å². The summed E-state index contributed by atoms with van der Waals surface area (Å²) in [7, 11) is 0. The summed E-state index contributed by atoms with van der Waals surface area (Å²) in [6.07, 6.45) is 4.72. The second-order valence-electron chi connectivity index (χ2n) is 6.64. The van der Waals surface area contributed by atoms with E-state index in [0.29, 0.717) is 28.2 Å². The Hall–Kier alpha value is -3.13. The topological polar surface area (TPSA) is 102 Å². The van der Waals surface area contributed by atoms with Crippen LogP contribution in [0, 0.1) is 6.92 Å². The van der Waals surface area contributed by atoms with Gasteiger partial charge in [0.1, 0.15) is 5.69 Å². The number of nitrogen functional groups attached to an aromatic ring is 1. The number of nitrogens with zero attached hydrogens (tertiary/aromatic N) is 6. The molecule has 0 saturated carbocycles. The molecule has 0 bridgehead atoms. The van der Waals surface area contributed by atoms with Gasteiger partial charge >= 0.3 is 0 Å². The van der Waals surface area contributed by atoms with Crippen molar-refractivity contribution in [1.29, 1.82) is 0 Å². The standard InChI is InChI=1S/C18H17ClN8/c1-10-3-6-27(25-10)17-15(22-18(16(20)23-17)26-4-2-5-26)11-7-12-9-21-24-14(12)13(19)8-11/h3,6-9H,2,4-5H2,1H3,(H2,20,23)(H,21,24). The van der Waals surface area contributed by atoms with Crippen LogP contribution >= 0.6 is 11.6 Å². The Morgan fingerprint density at radius 2 is 2.04 bits per heavy atom. The molecule has 3 N–H and O–H groups in total. The number of rotatable bonds is 3. The molecule has 1 fully saturated rings. The first kappa shape index (κ1) is 16.1. The molecule has 1 aliphatic heterocycles. The number of H-pyrrole nitrogens is 1. The minimum Gasteiger partial charge on any atom is -0.381 e. The summed E-state index contributed by atoms with van der Waals surface area (Å²) in [5.41, 5.74) is 9.43. The van der Waals surface area contributed by atoms with Crippen molar-refractivity contribution in [2.45, 2.75) is 13.3 Å². The Labute approximate surface area is 160 Å². The largest absolute Gasteiger partial charge is 0.381 e. The molecule has 9 heteroatoms. The van der Waals surface area contributed by atoms with Crippen LogP contribution in [0.4, 0.5) is 11.6 Å². The van der Waals surface area contributed by atoms with Crippen molar-refractivity contribution in [3.05, 3.63) is 41.3 Å². The van der Waals surface area contributed by atoms with Gasteiger partial charge in [0.15, 0.2) is 17.5 Å². The van der Waals surface area contributed by atoms with E-state index in [2.05, 4.69) is 25.2 Å². The van der Waals surface area contributed by atoms with Crippen molar-refractivity contribution in [2.24, 2.45) is 0 Å². The van der Waals surface area contributed by atoms with Crippen molar-refractivity contribution in [1.82, 2.24) is 29.9 Å². The fraction of sp³-hybridized carbons (Fsp3) is 0.222. The summed E-state index contributed by atoms with van der Waals surface area (Å²) in [4.78, 5) is 11.6. The van der Waals surface area contributed by atoms with Crippen molar-refractivity contribution >= 4 is 34.1 Å². The van der Waals surface area contributed by atoms with Gasteiger partial charge in [-0.25, -0.2) is 14.6 Å². The number of aromatic nitrogens is 6. The van der Waals surface area contributed by atoms with Crippen LogP contribution in [0.15, 0.2) is 30.6 Å². The van der Waals surface area contributed by atoms with Crippen molar-refractivity contribution in [2.75, 3.05) is 23.7 Å². The molecular formula is C18H17ClN8. The maximum Gasteiger partial charge on any atom is 0.182 e. The summed E-state index contributed by atoms with van der Waals surface area (Å²) in [6, 6.07) is 5.77. The number of benzene rings is 1. The quantitative estimate of drug-likeness (QED) is 0.566. The van der Waals surface area contributed by atoms with Crippen LogP contribution in [0.1, 0.15) is 12.1 Å². The fourth-order valence-corrected chi connectivity index (χ4v) is 3.50. The number of nitrogens with one attached hydrogen (secondary N) is 1. The molecule has 0 amide bonds. The Morgan fingerprint density at radius 3 is 2.74 bits per heavy atom. The lowest BCUT2D eigenvalue weighted by molar-refractivity contribution is 0.609. The van der Waals surface area contributed by atoms with Crippen LogP contribution < -0.4 is 10.6 Å². The highest BCUT2D eigenvalue weighted by atomic mass is 35.5. The molecule has 0 unspecified atom stereocenters. The zero-order valence-electron chi connectivity index (χ0n) is 14.6. The zero-order valence-corrected chi connectivity index (χ0v) is 15.4. The first-order valence-corrected chi connectivity index (χ1v) is 9.06. The molecule has 1 aliphatic rings. The Kier molecular flexibility index (Phi) is 3.54. The highest BCUT2D eigenvalue weighted by molar-refractivity contribution is 6.35. The van der Waals surface area contributed by atoms with Gasteiger partial charge < -0.3 is 10.6 Å². The van der Waals surface area contributed by atoms with E-state index in [1.165, 1.54) is 0 Å². The Balaban J connectivity index is 1.76. The number of halogens is 1. The van der Waals surface area contributed by atoms with Gasteiger partial charge in [-0.15, -0.1) is 0 Å². The SMILES string of the molecule is Cc1ccn(-c2nc(N)c(N3CCC3)nc2-c2cc(Cl)c3[nH]ncc3c2)n1. The van der Waals surface area contributed by atoms with Gasteiger partial charge in [0, 0.05) is 30.2 Å². The van der Waals surface area contributed by atoms with E-state index >= 15 is 0 Å². The van der Waals surface area contributed by atoms with Gasteiger partial charge in [0.2, 0.25) is 0 Å². The zero-order chi connectivity index (χ0) is 18.5. The summed E-state index contributed by atoms with van der Waals surface area (Å²) in [5.74, 6) is 1.67. The molecule has 136 valence electrons. The Bertz CT molecular complexity index is 1160. The van der Waals surface area contributed by atoms with Crippen LogP contribution in [-0.4, -0.2) is 43.0 Å². The minimum absolute atomic E-state index is 0.400. The molecule has 27 heavy (non-hydrogen) atoms. The van der Waals surface area contributed by atoms with E-state index in [0.717, 1.165) is 41.7 Å². The summed E-state index contributed by atoms with van der Waals surface area (Å²) < 4.78 is 1.70. The number of hydrogen-bond donors (Lipinski definition) is 2. The third-order valence-electron chi connectivity index (χ3n) is 4.75. The number of anilines is 2. The molecule has 1 saturated heterocycles. The van der Waals surface area contributed by atoms with Crippen molar-refractivity contribution in [3.63, 3.8) is 0 Å². The monoisotopic (exact) mass is 380 g/mol. The molecule has 4 aromatic rings. The van der Waals surface area contributed by atoms with E-state index in [-0.39, 0.29) is 0 Å². The second kappa shape index (κ2) is 5.95. The molecule has 0 aliphatic carbocycles. The lowest BCUT2D eigenvalue weighted by atomic mass is 10.1. The lowest BCUT2D eigenvalue weighted by Gasteiger charge is -2.32. The molecule has 0 radical (unpaired) electrons. The van der Waals surface area contributed by atoms with Gasteiger partial charge in [-0.05, 0) is 31.5 Å². The predicted octanol–water partition coefficient (Wildman–Crippen LogP) is 2.96. The van der Waals surface area contributed by atoms with Crippen LogP contribution in [0.3, 0.4) is 0 Å². The van der Waals surface area contributed by atoms with Gasteiger partial charge in [-0.1, -0.05) is 11.6 Å². The molecule has 3 aromatic heterocycles. The van der Waals surface area contributed by atoms with Crippen LogP contribution in [-0.2, 0) is 0 Å². The lowest BCUT2D eigenvalue weighted by Crippen LogP contribution is -2.38. The minimum atomic E-state index is 0.400. The molecule has 5 rings (SSSR count). The number of fused-ring (bicyclic) bond motifs is 1. The molecule has 4 heterocycles. The van der Waals surface area contributed by atoms with Gasteiger partial charge in [0.05, 0.1) is 22.4 Å². The van der Waals surface area contributed by atoms with Gasteiger partial charge in [-0.3, -0.25) is 5.10 Å². The highest BCUT2D eigenvalue weighted by Gasteiger charge is 2.23. The molecule has 0 spiro atoms. The number of aromatic amines is 1. The molecular weight excluding hydrogens is 364 g/mol. The summed E-state index contributed by atoms with van der Waals surface area (Å²) in [6.45, 7) is 3.79. The maximum absolute atomic E-state index is 6.45. The second-order valence-corrected chi connectivity index (χ2v) is 7.05. The summed E-state index contributed by atoms with van der Waals surface area (Å²) >= 11 is 6.45. The predicted molar refractivity (Wildman–Crippen MR) is 105 cm³/mol. The third-order valence-corrected chi connectivity index (χ3v) is 5.05. The fourth-order valence-electron chi connectivity index (χ4n) is 3.23. The van der Waals surface area contributed by atoms with Crippen LogP contribution in [0.5, 0.6) is 0 Å². The van der Waals surface area contributed by atoms with Gasteiger partial charge in [-0.2, -0.15) is 10.2 Å². The smallest absolute Gasteiger partial charge is 0.182 e. The molecule has 8 nitrogen and oxygen atoms in total. The average Bonchev–Trinajstić information content (AvgIpc) is 3.23. The van der Waals surface area contributed by atoms with E-state index in [1.807, 2.05) is 31.3 Å². The first-order valence-electron chi connectivity index (χ1n) is 8.68. The number of hydrogen-bond acceptors (Lipinski definition) is 6. The van der Waals surface area contributed by atoms with E-state index < -0.39 is 0 Å². The van der Waals surface area contributed by atoms with Crippen LogP contribution in [0.25, 0.3) is 28.0 Å². The number of nitrogens with two attached hydrogens (primary N) is 1. The van der Waals surface area contributed by atoms with E-state index in [9.17, 15) is 0 Å². The maximum atomic E-state index is 6.45. The van der Waals surface area contributed by atoms with Crippen molar-refractivity contribution < 1.29 is 0 Å². The first-order chi connectivity index (χ1) is 13.1. The number of aryl methyl sites for hydroxylation is 1. The highest BCUT2D eigenvalue weighted by Crippen LogP contribution is 2.34. The summed E-state index contributed by atoms with van der Waals surface area (Å²) in [5, 5.41) is 12.9. The van der Waals surface area contributed by atoms with E-state index in [4.69, 9.17) is 22.3 Å². The molecule has 0 atom stereocenters. The van der Waals surface area contributed by atoms with Crippen molar-refractivity contribution in [3.8, 4) is 17.1 Å².